The molecule has 2 N–H and O–H groups in total. The number of methoxy groups -OCH3 is 1. The Morgan fingerprint density at radius 3 is 2.65 bits per heavy atom. The Hall–Kier alpha value is -2.80. The summed E-state index contributed by atoms with van der Waals surface area (Å²) in [6.45, 7) is 1.42. The molecular formula is C19H17BrN2O4. The average Bonchev–Trinajstić information content (AvgIpc) is 2.99. The number of benzene rings is 2. The molecule has 0 aliphatic heterocycles. The number of anilines is 2. The van der Waals surface area contributed by atoms with Gasteiger partial charge >= 0.3 is 0 Å². The summed E-state index contributed by atoms with van der Waals surface area (Å²) in [6.07, 6.45) is 1.71. The van der Waals surface area contributed by atoms with Crippen LogP contribution in [0.15, 0.2) is 51.6 Å². The van der Waals surface area contributed by atoms with Gasteiger partial charge in [-0.25, -0.2) is 0 Å². The van der Waals surface area contributed by atoms with Gasteiger partial charge in [0.1, 0.15) is 11.3 Å². The van der Waals surface area contributed by atoms with E-state index < -0.39 is 0 Å². The molecule has 2 amide bonds. The van der Waals surface area contributed by atoms with Gasteiger partial charge in [-0.05, 0) is 30.3 Å². The SMILES string of the molecule is COc1ccc2c(CC(=O)Nc3cc(Br)ccc3NC(C)=O)coc2c1. The fourth-order valence-electron chi connectivity index (χ4n) is 2.61. The van der Waals surface area contributed by atoms with Crippen molar-refractivity contribution in [3.8, 4) is 5.75 Å². The molecule has 3 aromatic rings. The molecule has 0 aliphatic carbocycles. The molecule has 0 fully saturated rings. The number of carbonyl (C=O) groups is 2. The Morgan fingerprint density at radius 2 is 1.92 bits per heavy atom. The zero-order chi connectivity index (χ0) is 18.7. The fourth-order valence-corrected chi connectivity index (χ4v) is 2.97. The van der Waals surface area contributed by atoms with E-state index in [4.69, 9.17) is 9.15 Å². The molecule has 134 valence electrons. The van der Waals surface area contributed by atoms with Gasteiger partial charge in [-0.1, -0.05) is 15.9 Å². The first-order chi connectivity index (χ1) is 12.5. The summed E-state index contributed by atoms with van der Waals surface area (Å²) in [7, 11) is 1.59. The topological polar surface area (TPSA) is 80.6 Å². The fraction of sp³-hybridized carbons (Fsp3) is 0.158. The van der Waals surface area contributed by atoms with Crippen molar-refractivity contribution in [2.75, 3.05) is 17.7 Å². The first kappa shape index (κ1) is 18.0. The second kappa shape index (κ2) is 7.61. The van der Waals surface area contributed by atoms with Crippen LogP contribution in [0.1, 0.15) is 12.5 Å². The van der Waals surface area contributed by atoms with Gasteiger partial charge in [-0.2, -0.15) is 0 Å². The molecule has 2 aromatic carbocycles. The number of carbonyl (C=O) groups excluding carboxylic acids is 2. The molecule has 0 saturated carbocycles. The summed E-state index contributed by atoms with van der Waals surface area (Å²) in [5, 5.41) is 6.39. The van der Waals surface area contributed by atoms with Crippen LogP contribution >= 0.6 is 15.9 Å². The van der Waals surface area contributed by atoms with Gasteiger partial charge in [-0.15, -0.1) is 0 Å². The van der Waals surface area contributed by atoms with Crippen molar-refractivity contribution in [1.82, 2.24) is 0 Å². The van der Waals surface area contributed by atoms with Gasteiger partial charge in [0.15, 0.2) is 0 Å². The number of rotatable bonds is 5. The molecule has 1 heterocycles. The van der Waals surface area contributed by atoms with Crippen LogP contribution in [-0.2, 0) is 16.0 Å². The lowest BCUT2D eigenvalue weighted by atomic mass is 10.1. The standard InChI is InChI=1S/C19H17BrN2O4/c1-11(23)21-16-6-3-13(20)8-17(16)22-19(24)7-12-10-26-18-9-14(25-2)4-5-15(12)18/h3-6,8-10H,7H2,1-2H3,(H,21,23)(H,22,24). The van der Waals surface area contributed by atoms with Crippen molar-refractivity contribution >= 4 is 50.1 Å². The summed E-state index contributed by atoms with van der Waals surface area (Å²) in [5.41, 5.74) is 2.50. The van der Waals surface area contributed by atoms with Crippen molar-refractivity contribution in [1.29, 1.82) is 0 Å². The minimum atomic E-state index is -0.215. The van der Waals surface area contributed by atoms with E-state index in [1.165, 1.54) is 6.92 Å². The van der Waals surface area contributed by atoms with Gasteiger partial charge < -0.3 is 19.8 Å². The first-order valence-corrected chi connectivity index (χ1v) is 8.66. The maximum atomic E-state index is 12.5. The van der Waals surface area contributed by atoms with Crippen molar-refractivity contribution in [3.05, 3.63) is 52.7 Å². The van der Waals surface area contributed by atoms with E-state index in [1.54, 1.807) is 37.6 Å². The highest BCUT2D eigenvalue weighted by Crippen LogP contribution is 2.28. The zero-order valence-corrected chi connectivity index (χ0v) is 15.8. The molecule has 1 aromatic heterocycles. The molecule has 0 saturated heterocycles. The lowest BCUT2D eigenvalue weighted by Gasteiger charge is -2.12. The lowest BCUT2D eigenvalue weighted by Crippen LogP contribution is -2.16. The number of fused-ring (bicyclic) bond motifs is 1. The van der Waals surface area contributed by atoms with Crippen LogP contribution in [0.2, 0.25) is 0 Å². The molecule has 0 spiro atoms. The maximum Gasteiger partial charge on any atom is 0.228 e. The third kappa shape index (κ3) is 4.05. The normalized spacial score (nSPS) is 10.6. The third-order valence-corrected chi connectivity index (χ3v) is 4.27. The number of ether oxygens (including phenoxy) is 1. The number of hydrogen-bond donors (Lipinski definition) is 2. The molecule has 7 heteroatoms. The molecule has 26 heavy (non-hydrogen) atoms. The summed E-state index contributed by atoms with van der Waals surface area (Å²) in [4.78, 5) is 23.8. The van der Waals surface area contributed by atoms with E-state index in [9.17, 15) is 9.59 Å². The Morgan fingerprint density at radius 1 is 1.12 bits per heavy atom. The summed E-state index contributed by atoms with van der Waals surface area (Å²) < 4.78 is 11.5. The van der Waals surface area contributed by atoms with Gasteiger partial charge in [-0.3, -0.25) is 9.59 Å². The van der Waals surface area contributed by atoms with Crippen LogP contribution < -0.4 is 15.4 Å². The third-order valence-electron chi connectivity index (χ3n) is 3.78. The molecule has 6 nitrogen and oxygen atoms in total. The lowest BCUT2D eigenvalue weighted by molar-refractivity contribution is -0.116. The zero-order valence-electron chi connectivity index (χ0n) is 14.3. The highest BCUT2D eigenvalue weighted by Gasteiger charge is 2.13. The van der Waals surface area contributed by atoms with Crippen molar-refractivity contribution < 1.29 is 18.7 Å². The molecule has 0 radical (unpaired) electrons. The van der Waals surface area contributed by atoms with E-state index in [2.05, 4.69) is 26.6 Å². The predicted molar refractivity (Wildman–Crippen MR) is 104 cm³/mol. The van der Waals surface area contributed by atoms with Crippen molar-refractivity contribution in [3.63, 3.8) is 0 Å². The number of nitrogens with one attached hydrogen (secondary N) is 2. The largest absolute Gasteiger partial charge is 0.497 e. The minimum absolute atomic E-state index is 0.144. The van der Waals surface area contributed by atoms with Crippen LogP contribution in [0.5, 0.6) is 5.75 Å². The van der Waals surface area contributed by atoms with Crippen LogP contribution in [0.3, 0.4) is 0 Å². The van der Waals surface area contributed by atoms with E-state index in [-0.39, 0.29) is 18.2 Å². The quantitative estimate of drug-likeness (QED) is 0.647. The molecule has 0 aliphatic rings. The summed E-state index contributed by atoms with van der Waals surface area (Å²) >= 11 is 3.37. The van der Waals surface area contributed by atoms with Crippen LogP contribution in [0.4, 0.5) is 11.4 Å². The second-order valence-electron chi connectivity index (χ2n) is 5.72. The highest BCUT2D eigenvalue weighted by atomic mass is 79.9. The number of furan rings is 1. The average molecular weight is 417 g/mol. The van der Waals surface area contributed by atoms with Gasteiger partial charge in [0.25, 0.3) is 0 Å². The van der Waals surface area contributed by atoms with E-state index in [0.717, 1.165) is 15.4 Å². The minimum Gasteiger partial charge on any atom is -0.497 e. The Balaban J connectivity index is 1.79. The van der Waals surface area contributed by atoms with Crippen LogP contribution in [0, 0.1) is 0 Å². The van der Waals surface area contributed by atoms with E-state index >= 15 is 0 Å². The second-order valence-corrected chi connectivity index (χ2v) is 6.63. The number of amides is 2. The molecule has 0 bridgehead atoms. The Bertz CT molecular complexity index is 981. The van der Waals surface area contributed by atoms with Gasteiger partial charge in [0.05, 0.1) is 31.2 Å². The van der Waals surface area contributed by atoms with Crippen molar-refractivity contribution in [2.24, 2.45) is 0 Å². The van der Waals surface area contributed by atoms with E-state index in [1.807, 2.05) is 12.1 Å². The molecule has 3 rings (SSSR count). The molecular weight excluding hydrogens is 400 g/mol. The Kier molecular flexibility index (Phi) is 5.27. The predicted octanol–water partition coefficient (Wildman–Crippen LogP) is 4.34. The van der Waals surface area contributed by atoms with Gasteiger partial charge in [0.2, 0.25) is 11.8 Å². The number of halogens is 1. The first-order valence-electron chi connectivity index (χ1n) is 7.87. The molecule has 0 unspecified atom stereocenters. The number of hydrogen-bond acceptors (Lipinski definition) is 4. The van der Waals surface area contributed by atoms with Gasteiger partial charge in [0, 0.05) is 28.4 Å². The van der Waals surface area contributed by atoms with Crippen LogP contribution in [0.25, 0.3) is 11.0 Å². The van der Waals surface area contributed by atoms with Crippen molar-refractivity contribution in [2.45, 2.75) is 13.3 Å². The maximum absolute atomic E-state index is 12.5. The highest BCUT2D eigenvalue weighted by molar-refractivity contribution is 9.10. The smallest absolute Gasteiger partial charge is 0.228 e. The summed E-state index contributed by atoms with van der Waals surface area (Å²) in [6, 6.07) is 10.7. The summed E-state index contributed by atoms with van der Waals surface area (Å²) in [5.74, 6) is 0.266. The Labute approximate surface area is 158 Å². The van der Waals surface area contributed by atoms with E-state index in [0.29, 0.717) is 22.7 Å². The monoisotopic (exact) mass is 416 g/mol. The molecule has 0 atom stereocenters. The van der Waals surface area contributed by atoms with Crippen LogP contribution in [-0.4, -0.2) is 18.9 Å².